The maximum Gasteiger partial charge on any atom is 0.259 e. The van der Waals surface area contributed by atoms with Crippen LogP contribution in [0.4, 0.5) is 0 Å². The number of hydrogen-bond donors (Lipinski definition) is 0. The highest BCUT2D eigenvalue weighted by molar-refractivity contribution is 6.26. The lowest BCUT2D eigenvalue weighted by molar-refractivity contribution is 0.0747. The predicted octanol–water partition coefficient (Wildman–Crippen LogP) is 2.64. The molecule has 0 saturated carbocycles. The van der Waals surface area contributed by atoms with Crippen molar-refractivity contribution in [3.8, 4) is 11.5 Å². The molecule has 1 saturated heterocycles. The first-order chi connectivity index (χ1) is 11.2. The number of carbonyl (C=O) groups excluding carboxylic acids is 2. The van der Waals surface area contributed by atoms with Crippen molar-refractivity contribution in [1.82, 2.24) is 0 Å². The van der Waals surface area contributed by atoms with Crippen molar-refractivity contribution in [2.45, 2.75) is 18.8 Å². The number of hydrogen-bond acceptors (Lipinski definition) is 5. The number of rotatable bonds is 4. The van der Waals surface area contributed by atoms with Crippen LogP contribution in [0.2, 0.25) is 0 Å². The summed E-state index contributed by atoms with van der Waals surface area (Å²) in [6.45, 7) is 2.43. The van der Waals surface area contributed by atoms with Gasteiger partial charge in [0.05, 0.1) is 12.2 Å². The van der Waals surface area contributed by atoms with Crippen molar-refractivity contribution in [2.75, 3.05) is 6.61 Å². The number of benzene rings is 2. The van der Waals surface area contributed by atoms with Gasteiger partial charge in [0.15, 0.2) is 0 Å². The molecule has 5 nitrogen and oxygen atoms in total. The van der Waals surface area contributed by atoms with Crippen molar-refractivity contribution in [3.05, 3.63) is 59.7 Å². The summed E-state index contributed by atoms with van der Waals surface area (Å²) in [7, 11) is 0. The summed E-state index contributed by atoms with van der Waals surface area (Å²) in [5.41, 5.74) is -0.769. The number of para-hydroxylation sites is 1. The quantitative estimate of drug-likeness (QED) is 0.493. The minimum atomic E-state index is -1.54. The molecule has 0 N–H and O–H groups in total. The highest BCUT2D eigenvalue weighted by atomic mass is 16.8. The Morgan fingerprint density at radius 1 is 1.17 bits per heavy atom. The van der Waals surface area contributed by atoms with E-state index in [1.165, 1.54) is 0 Å². The lowest BCUT2D eigenvalue weighted by atomic mass is 9.87. The minimum Gasteiger partial charge on any atom is -0.494 e. The Morgan fingerprint density at radius 3 is 2.65 bits per heavy atom. The molecule has 2 heterocycles. The maximum atomic E-state index is 12.8. The van der Waals surface area contributed by atoms with Crippen LogP contribution in [0.1, 0.15) is 27.6 Å². The molecule has 0 aliphatic carbocycles. The lowest BCUT2D eigenvalue weighted by Crippen LogP contribution is -2.41. The molecule has 5 heteroatoms. The zero-order valence-corrected chi connectivity index (χ0v) is 12.4. The van der Waals surface area contributed by atoms with E-state index >= 15 is 0 Å². The molecule has 2 atom stereocenters. The summed E-state index contributed by atoms with van der Waals surface area (Å²) in [4.78, 5) is 25.5. The van der Waals surface area contributed by atoms with Gasteiger partial charge in [0.25, 0.3) is 5.60 Å². The second-order valence-corrected chi connectivity index (χ2v) is 5.42. The van der Waals surface area contributed by atoms with Gasteiger partial charge < -0.3 is 14.2 Å². The van der Waals surface area contributed by atoms with E-state index in [1.54, 1.807) is 48.5 Å². The summed E-state index contributed by atoms with van der Waals surface area (Å²) in [6, 6.07) is 13.5. The van der Waals surface area contributed by atoms with Crippen LogP contribution in [-0.2, 0) is 4.74 Å². The first-order valence-electron chi connectivity index (χ1n) is 7.43. The zero-order valence-electron chi connectivity index (χ0n) is 12.4. The Morgan fingerprint density at radius 2 is 1.91 bits per heavy atom. The average molecular weight is 310 g/mol. The van der Waals surface area contributed by atoms with Crippen molar-refractivity contribution in [2.24, 2.45) is 0 Å². The molecule has 0 radical (unpaired) electrons. The molecular weight excluding hydrogens is 296 g/mol. The highest BCUT2D eigenvalue weighted by Gasteiger charge is 2.72. The molecule has 4 rings (SSSR count). The first-order valence-corrected chi connectivity index (χ1v) is 7.43. The van der Waals surface area contributed by atoms with Gasteiger partial charge in [0, 0.05) is 5.56 Å². The van der Waals surface area contributed by atoms with E-state index in [4.69, 9.17) is 14.2 Å². The molecule has 23 heavy (non-hydrogen) atoms. The summed E-state index contributed by atoms with van der Waals surface area (Å²) < 4.78 is 16.4. The van der Waals surface area contributed by atoms with E-state index in [2.05, 4.69) is 0 Å². The number of ether oxygens (including phenoxy) is 3. The van der Waals surface area contributed by atoms with E-state index in [0.29, 0.717) is 29.2 Å². The molecule has 2 aliphatic heterocycles. The van der Waals surface area contributed by atoms with Crippen molar-refractivity contribution in [1.29, 1.82) is 0 Å². The van der Waals surface area contributed by atoms with Crippen LogP contribution >= 0.6 is 0 Å². The van der Waals surface area contributed by atoms with E-state index < -0.39 is 11.9 Å². The van der Waals surface area contributed by atoms with Crippen LogP contribution in [0, 0.1) is 0 Å². The smallest absolute Gasteiger partial charge is 0.259 e. The number of Topliss-reactive ketones (excluding diaryl/α,β-unsaturated/α-hetero) is 2. The van der Waals surface area contributed by atoms with Crippen molar-refractivity contribution < 1.29 is 23.8 Å². The standard InChI is InChI=1S/C18H14O5/c1-2-21-12-9-7-11(8-10-12)15(19)18-16(20)13-5-3-4-6-14(13)22-17(18)23-18/h3-10,17H,2H2,1H3. The normalized spacial score (nSPS) is 24.2. The van der Waals surface area contributed by atoms with Gasteiger partial charge in [-0.3, -0.25) is 9.59 Å². The second-order valence-electron chi connectivity index (χ2n) is 5.42. The topological polar surface area (TPSA) is 65.1 Å². The highest BCUT2D eigenvalue weighted by Crippen LogP contribution is 2.48. The average Bonchev–Trinajstić information content (AvgIpc) is 3.31. The SMILES string of the molecule is CCOc1ccc(C(=O)C23OC2Oc2ccccc2C3=O)cc1. The molecule has 0 aromatic heterocycles. The van der Waals surface area contributed by atoms with E-state index in [1.807, 2.05) is 6.92 Å². The molecular formula is C18H14O5. The van der Waals surface area contributed by atoms with Crippen molar-refractivity contribution in [3.63, 3.8) is 0 Å². The Balaban J connectivity index is 1.66. The Bertz CT molecular complexity index is 795. The van der Waals surface area contributed by atoms with Crippen LogP contribution in [0.5, 0.6) is 11.5 Å². The summed E-state index contributed by atoms with van der Waals surface area (Å²) >= 11 is 0. The lowest BCUT2D eigenvalue weighted by Gasteiger charge is -2.18. The van der Waals surface area contributed by atoms with E-state index in [0.717, 1.165) is 0 Å². The molecule has 0 bridgehead atoms. The van der Waals surface area contributed by atoms with Crippen LogP contribution in [0.15, 0.2) is 48.5 Å². The predicted molar refractivity (Wildman–Crippen MR) is 80.9 cm³/mol. The molecule has 0 spiro atoms. The van der Waals surface area contributed by atoms with Crippen LogP contribution < -0.4 is 9.47 Å². The Labute approximate surface area is 132 Å². The van der Waals surface area contributed by atoms with Crippen molar-refractivity contribution >= 4 is 11.6 Å². The monoisotopic (exact) mass is 310 g/mol. The van der Waals surface area contributed by atoms with Gasteiger partial charge in [-0.05, 0) is 43.3 Å². The van der Waals surface area contributed by atoms with Gasteiger partial charge in [-0.2, -0.15) is 0 Å². The third-order valence-corrected chi connectivity index (χ3v) is 4.04. The third kappa shape index (κ3) is 1.97. The molecule has 2 unspecified atom stereocenters. The number of carbonyl (C=O) groups is 2. The first kappa shape index (κ1) is 14.0. The van der Waals surface area contributed by atoms with E-state index in [9.17, 15) is 9.59 Å². The van der Waals surface area contributed by atoms with Gasteiger partial charge in [-0.25, -0.2) is 0 Å². The summed E-state index contributed by atoms with van der Waals surface area (Å²) in [6.07, 6.45) is -0.844. The molecule has 2 aromatic rings. The molecule has 2 aromatic carbocycles. The summed E-state index contributed by atoms with van der Waals surface area (Å²) in [5.74, 6) is 0.398. The van der Waals surface area contributed by atoms with Gasteiger partial charge in [0.1, 0.15) is 11.5 Å². The largest absolute Gasteiger partial charge is 0.494 e. The molecule has 116 valence electrons. The number of ketones is 2. The molecule has 2 aliphatic rings. The molecule has 0 amide bonds. The van der Waals surface area contributed by atoms with Crippen LogP contribution in [-0.4, -0.2) is 30.1 Å². The van der Waals surface area contributed by atoms with Gasteiger partial charge in [-0.1, -0.05) is 12.1 Å². The van der Waals surface area contributed by atoms with Crippen LogP contribution in [0.25, 0.3) is 0 Å². The Kier molecular flexibility index (Phi) is 2.99. The molecule has 1 fully saturated rings. The van der Waals surface area contributed by atoms with Crippen LogP contribution in [0.3, 0.4) is 0 Å². The number of fused-ring (bicyclic) bond motifs is 2. The number of epoxide rings is 1. The van der Waals surface area contributed by atoms with E-state index in [-0.39, 0.29) is 11.6 Å². The maximum absolute atomic E-state index is 12.8. The summed E-state index contributed by atoms with van der Waals surface area (Å²) in [5, 5.41) is 0. The third-order valence-electron chi connectivity index (χ3n) is 4.04. The van der Waals surface area contributed by atoms with Gasteiger partial charge in [0.2, 0.25) is 17.9 Å². The van der Waals surface area contributed by atoms with Gasteiger partial charge in [-0.15, -0.1) is 0 Å². The van der Waals surface area contributed by atoms with Gasteiger partial charge >= 0.3 is 0 Å². The zero-order chi connectivity index (χ0) is 16.0. The Hall–Kier alpha value is -2.66. The fraction of sp³-hybridized carbons (Fsp3) is 0.222. The fourth-order valence-corrected chi connectivity index (χ4v) is 2.82. The second kappa shape index (κ2) is 4.93. The minimum absolute atomic E-state index is 0.344. The fourth-order valence-electron chi connectivity index (χ4n) is 2.82.